The molecule has 2 heterocycles. The van der Waals surface area contributed by atoms with E-state index in [0.29, 0.717) is 5.69 Å². The number of amides is 1. The van der Waals surface area contributed by atoms with Gasteiger partial charge in [0.05, 0.1) is 5.69 Å². The van der Waals surface area contributed by atoms with Crippen LogP contribution in [0.15, 0.2) is 30.3 Å². The van der Waals surface area contributed by atoms with E-state index in [1.807, 2.05) is 38.1 Å². The molecule has 0 fully saturated rings. The maximum absolute atomic E-state index is 12.1. The third-order valence-electron chi connectivity index (χ3n) is 2.99. The Balaban J connectivity index is 1.95. The number of benzene rings is 1. The average Bonchev–Trinajstić information content (AvgIpc) is 2.95. The van der Waals surface area contributed by atoms with E-state index >= 15 is 0 Å². The highest BCUT2D eigenvalue weighted by atomic mass is 16.1. The van der Waals surface area contributed by atoms with Crippen LogP contribution in [0, 0.1) is 13.8 Å². The van der Waals surface area contributed by atoms with Crippen molar-refractivity contribution < 1.29 is 4.79 Å². The Kier molecular flexibility index (Phi) is 2.59. The second kappa shape index (κ2) is 4.28. The van der Waals surface area contributed by atoms with Gasteiger partial charge in [0.15, 0.2) is 5.69 Å². The number of nitrogens with zero attached hydrogens (tertiary/aromatic N) is 1. The van der Waals surface area contributed by atoms with Gasteiger partial charge < -0.3 is 10.3 Å². The molecule has 1 aromatic carbocycles. The summed E-state index contributed by atoms with van der Waals surface area (Å²) in [5.41, 5.74) is 4.11. The minimum atomic E-state index is -0.212. The van der Waals surface area contributed by atoms with E-state index in [0.717, 1.165) is 28.0 Å². The summed E-state index contributed by atoms with van der Waals surface area (Å²) in [6.07, 6.45) is 0. The minimum Gasteiger partial charge on any atom is -0.359 e. The Morgan fingerprint density at radius 3 is 2.79 bits per heavy atom. The molecule has 3 rings (SSSR count). The Morgan fingerprint density at radius 2 is 2.05 bits per heavy atom. The first-order valence-corrected chi connectivity index (χ1v) is 6.05. The maximum Gasteiger partial charge on any atom is 0.276 e. The largest absolute Gasteiger partial charge is 0.359 e. The summed E-state index contributed by atoms with van der Waals surface area (Å²) < 4.78 is 0. The van der Waals surface area contributed by atoms with E-state index < -0.39 is 0 Å². The molecule has 96 valence electrons. The Labute approximate surface area is 110 Å². The van der Waals surface area contributed by atoms with E-state index in [9.17, 15) is 4.79 Å². The quantitative estimate of drug-likeness (QED) is 0.658. The van der Waals surface area contributed by atoms with Crippen LogP contribution in [0.5, 0.6) is 0 Å². The molecular formula is C14H14N4O. The van der Waals surface area contributed by atoms with Crippen molar-refractivity contribution in [2.24, 2.45) is 0 Å². The molecule has 5 heteroatoms. The first-order chi connectivity index (χ1) is 9.13. The molecule has 2 aromatic heterocycles. The van der Waals surface area contributed by atoms with Gasteiger partial charge in [-0.3, -0.25) is 9.89 Å². The lowest BCUT2D eigenvalue weighted by atomic mass is 10.2. The monoisotopic (exact) mass is 254 g/mol. The van der Waals surface area contributed by atoms with Crippen molar-refractivity contribution in [1.29, 1.82) is 0 Å². The second-order valence-electron chi connectivity index (χ2n) is 4.61. The van der Waals surface area contributed by atoms with Gasteiger partial charge in [-0.25, -0.2) is 0 Å². The number of aromatic amines is 2. The van der Waals surface area contributed by atoms with Crippen LogP contribution in [0.2, 0.25) is 0 Å². The van der Waals surface area contributed by atoms with Crippen molar-refractivity contribution in [2.45, 2.75) is 13.8 Å². The predicted molar refractivity (Wildman–Crippen MR) is 74.3 cm³/mol. The van der Waals surface area contributed by atoms with Crippen molar-refractivity contribution >= 4 is 22.5 Å². The number of rotatable bonds is 2. The molecule has 0 bridgehead atoms. The molecular weight excluding hydrogens is 240 g/mol. The van der Waals surface area contributed by atoms with Gasteiger partial charge in [-0.2, -0.15) is 5.10 Å². The van der Waals surface area contributed by atoms with Gasteiger partial charge in [-0.1, -0.05) is 6.07 Å². The Bertz CT molecular complexity index is 754. The number of anilines is 1. The van der Waals surface area contributed by atoms with Crippen LogP contribution in [0.3, 0.4) is 0 Å². The number of hydrogen-bond donors (Lipinski definition) is 3. The third-order valence-corrected chi connectivity index (χ3v) is 2.99. The van der Waals surface area contributed by atoms with E-state index in [-0.39, 0.29) is 5.91 Å². The van der Waals surface area contributed by atoms with E-state index in [1.165, 1.54) is 0 Å². The molecule has 0 spiro atoms. The van der Waals surface area contributed by atoms with E-state index in [2.05, 4.69) is 20.5 Å². The number of aryl methyl sites for hydroxylation is 2. The van der Waals surface area contributed by atoms with Crippen molar-refractivity contribution in [3.8, 4) is 0 Å². The molecule has 1 amide bonds. The highest BCUT2D eigenvalue weighted by Gasteiger charge is 2.11. The molecule has 3 aromatic rings. The smallest absolute Gasteiger partial charge is 0.276 e. The molecule has 0 saturated heterocycles. The Morgan fingerprint density at radius 1 is 1.21 bits per heavy atom. The Hall–Kier alpha value is -2.56. The molecule has 3 N–H and O–H groups in total. The average molecular weight is 254 g/mol. The third kappa shape index (κ3) is 2.10. The first kappa shape index (κ1) is 11.5. The number of carbonyl (C=O) groups excluding carboxylic acids is 1. The van der Waals surface area contributed by atoms with Gasteiger partial charge in [0.25, 0.3) is 5.91 Å². The van der Waals surface area contributed by atoms with Crippen LogP contribution in [-0.2, 0) is 0 Å². The summed E-state index contributed by atoms with van der Waals surface area (Å²) in [5, 5.41) is 10.6. The highest BCUT2D eigenvalue weighted by Crippen LogP contribution is 2.24. The van der Waals surface area contributed by atoms with Crippen LogP contribution < -0.4 is 5.32 Å². The number of nitrogens with one attached hydrogen (secondary N) is 3. The zero-order valence-electron chi connectivity index (χ0n) is 10.7. The fourth-order valence-corrected chi connectivity index (χ4v) is 2.12. The standard InChI is InChI=1S/C14H14N4O/c1-8-6-10-11(15-8)4-3-5-12(10)16-14(19)13-7-9(2)17-18-13/h3-7,15H,1-2H3,(H,16,19)(H,17,18). The lowest BCUT2D eigenvalue weighted by Gasteiger charge is -2.04. The SMILES string of the molecule is Cc1cc(C(=O)Nc2cccc3[nH]c(C)cc23)n[nH]1. The zero-order valence-corrected chi connectivity index (χ0v) is 10.7. The number of fused-ring (bicyclic) bond motifs is 1. The van der Waals surface area contributed by atoms with Gasteiger partial charge in [0.1, 0.15) is 0 Å². The predicted octanol–water partition coefficient (Wildman–Crippen LogP) is 2.76. The summed E-state index contributed by atoms with van der Waals surface area (Å²) in [4.78, 5) is 15.3. The highest BCUT2D eigenvalue weighted by molar-refractivity contribution is 6.08. The lowest BCUT2D eigenvalue weighted by molar-refractivity contribution is 0.102. The maximum atomic E-state index is 12.1. The van der Waals surface area contributed by atoms with Crippen LogP contribution in [-0.4, -0.2) is 21.1 Å². The molecule has 0 radical (unpaired) electrons. The van der Waals surface area contributed by atoms with Crippen molar-refractivity contribution in [2.75, 3.05) is 5.32 Å². The van der Waals surface area contributed by atoms with Crippen molar-refractivity contribution in [3.63, 3.8) is 0 Å². The van der Waals surface area contributed by atoms with Crippen molar-refractivity contribution in [3.05, 3.63) is 47.4 Å². The molecule has 0 aliphatic carbocycles. The van der Waals surface area contributed by atoms with Gasteiger partial charge in [0, 0.05) is 22.3 Å². The zero-order chi connectivity index (χ0) is 13.4. The lowest BCUT2D eigenvalue weighted by Crippen LogP contribution is -2.12. The summed E-state index contributed by atoms with van der Waals surface area (Å²) >= 11 is 0. The van der Waals surface area contributed by atoms with Gasteiger partial charge in [-0.05, 0) is 38.1 Å². The van der Waals surface area contributed by atoms with E-state index in [1.54, 1.807) is 6.07 Å². The molecule has 0 atom stereocenters. The van der Waals surface area contributed by atoms with Crippen molar-refractivity contribution in [1.82, 2.24) is 15.2 Å². The summed E-state index contributed by atoms with van der Waals surface area (Å²) in [6, 6.07) is 9.51. The molecule has 0 aliphatic rings. The summed E-state index contributed by atoms with van der Waals surface area (Å²) in [5.74, 6) is -0.212. The normalized spacial score (nSPS) is 10.8. The number of carbonyl (C=O) groups is 1. The summed E-state index contributed by atoms with van der Waals surface area (Å²) in [6.45, 7) is 3.85. The van der Waals surface area contributed by atoms with Crippen LogP contribution >= 0.6 is 0 Å². The van der Waals surface area contributed by atoms with Gasteiger partial charge in [-0.15, -0.1) is 0 Å². The molecule has 0 saturated carbocycles. The van der Waals surface area contributed by atoms with Gasteiger partial charge in [0.2, 0.25) is 0 Å². The second-order valence-corrected chi connectivity index (χ2v) is 4.61. The molecule has 19 heavy (non-hydrogen) atoms. The summed E-state index contributed by atoms with van der Waals surface area (Å²) in [7, 11) is 0. The van der Waals surface area contributed by atoms with E-state index in [4.69, 9.17) is 0 Å². The number of H-pyrrole nitrogens is 2. The fraction of sp³-hybridized carbons (Fsp3) is 0.143. The molecule has 5 nitrogen and oxygen atoms in total. The topological polar surface area (TPSA) is 73.6 Å². The van der Waals surface area contributed by atoms with Gasteiger partial charge >= 0.3 is 0 Å². The fourth-order valence-electron chi connectivity index (χ4n) is 2.12. The molecule has 0 aliphatic heterocycles. The van der Waals surface area contributed by atoms with Crippen LogP contribution in [0.4, 0.5) is 5.69 Å². The van der Waals surface area contributed by atoms with Crippen LogP contribution in [0.25, 0.3) is 10.9 Å². The van der Waals surface area contributed by atoms with Crippen LogP contribution in [0.1, 0.15) is 21.9 Å². The number of aromatic nitrogens is 3. The first-order valence-electron chi connectivity index (χ1n) is 6.05. The molecule has 0 unspecified atom stereocenters. The number of hydrogen-bond acceptors (Lipinski definition) is 2. The minimum absolute atomic E-state index is 0.212.